The number of fused-ring (bicyclic) bond motifs is 1. The van der Waals surface area contributed by atoms with E-state index in [1.807, 2.05) is 60.7 Å². The minimum absolute atomic E-state index is 0.513. The van der Waals surface area contributed by atoms with Crippen LogP contribution in [0.4, 0.5) is 0 Å². The summed E-state index contributed by atoms with van der Waals surface area (Å²) in [6.45, 7) is 0. The van der Waals surface area contributed by atoms with E-state index in [1.165, 1.54) is 0 Å². The Balaban J connectivity index is 1.67. The van der Waals surface area contributed by atoms with Crippen molar-refractivity contribution in [3.8, 4) is 22.9 Å². The van der Waals surface area contributed by atoms with E-state index >= 15 is 0 Å². The molecule has 0 aliphatic carbocycles. The van der Waals surface area contributed by atoms with Crippen molar-refractivity contribution in [2.45, 2.75) is 0 Å². The summed E-state index contributed by atoms with van der Waals surface area (Å²) in [4.78, 5) is 4.47. The van der Waals surface area contributed by atoms with Crippen molar-refractivity contribution in [3.05, 3.63) is 69.6 Å². The zero-order valence-corrected chi connectivity index (χ0v) is 15.5. The predicted octanol–water partition coefficient (Wildman–Crippen LogP) is 5.94. The molecule has 2 aromatic carbocycles. The number of ether oxygens (including phenoxy) is 1. The smallest absolute Gasteiger partial charge is 0.221 e. The van der Waals surface area contributed by atoms with Crippen LogP contribution in [0, 0.1) is 0 Å². The Hall–Kier alpha value is -2.18. The zero-order chi connectivity index (χ0) is 16.5. The maximum Gasteiger partial charge on any atom is 0.221 e. The van der Waals surface area contributed by atoms with Gasteiger partial charge in [-0.2, -0.15) is 10.1 Å². The second kappa shape index (κ2) is 6.37. The fourth-order valence-corrected chi connectivity index (χ4v) is 2.93. The Kier molecular flexibility index (Phi) is 4.08. The molecular formula is C18H11Br2N3O. The number of aromatic amines is 1. The van der Waals surface area contributed by atoms with Crippen molar-refractivity contribution in [1.82, 2.24) is 15.2 Å². The molecule has 2 heterocycles. The molecule has 0 atom stereocenters. The summed E-state index contributed by atoms with van der Waals surface area (Å²) in [5.74, 6) is 1.24. The van der Waals surface area contributed by atoms with Gasteiger partial charge < -0.3 is 4.74 Å². The van der Waals surface area contributed by atoms with Gasteiger partial charge in [0.15, 0.2) is 5.65 Å². The molecule has 4 rings (SSSR count). The maximum absolute atomic E-state index is 5.78. The van der Waals surface area contributed by atoms with E-state index < -0.39 is 0 Å². The van der Waals surface area contributed by atoms with Gasteiger partial charge in [-0.15, -0.1) is 0 Å². The molecule has 4 nitrogen and oxygen atoms in total. The van der Waals surface area contributed by atoms with Crippen molar-refractivity contribution in [3.63, 3.8) is 0 Å². The first-order valence-electron chi connectivity index (χ1n) is 7.23. The molecule has 0 aliphatic rings. The highest BCUT2D eigenvalue weighted by molar-refractivity contribution is 9.10. The first kappa shape index (κ1) is 15.4. The van der Waals surface area contributed by atoms with Crippen molar-refractivity contribution in [2.75, 3.05) is 0 Å². The third-order valence-electron chi connectivity index (χ3n) is 3.56. The largest absolute Gasteiger partial charge is 0.439 e. The molecule has 0 saturated carbocycles. The van der Waals surface area contributed by atoms with Gasteiger partial charge in [-0.3, -0.25) is 5.10 Å². The van der Waals surface area contributed by atoms with Crippen LogP contribution in [0.15, 0.2) is 69.6 Å². The number of nitrogens with one attached hydrogen (secondary N) is 1. The van der Waals surface area contributed by atoms with E-state index in [2.05, 4.69) is 47.0 Å². The molecule has 0 unspecified atom stereocenters. The molecule has 0 amide bonds. The lowest BCUT2D eigenvalue weighted by Crippen LogP contribution is -1.88. The van der Waals surface area contributed by atoms with Gasteiger partial charge in [0, 0.05) is 26.0 Å². The molecule has 0 radical (unpaired) electrons. The SMILES string of the molecule is Brc1ccc(Oc2ccc3c(-c4ccc(Br)cc4)[nH]nc3n2)cc1. The molecule has 6 heteroatoms. The number of aromatic nitrogens is 3. The van der Waals surface area contributed by atoms with E-state index in [0.717, 1.165) is 31.3 Å². The zero-order valence-electron chi connectivity index (χ0n) is 12.3. The quantitative estimate of drug-likeness (QED) is 0.425. The highest BCUT2D eigenvalue weighted by Gasteiger charge is 2.10. The monoisotopic (exact) mass is 443 g/mol. The summed E-state index contributed by atoms with van der Waals surface area (Å²) in [5, 5.41) is 8.32. The van der Waals surface area contributed by atoms with Gasteiger partial charge in [-0.25, -0.2) is 0 Å². The summed E-state index contributed by atoms with van der Waals surface area (Å²) < 4.78 is 7.82. The lowest BCUT2D eigenvalue weighted by atomic mass is 10.1. The van der Waals surface area contributed by atoms with E-state index in [0.29, 0.717) is 11.5 Å². The van der Waals surface area contributed by atoms with Crippen molar-refractivity contribution in [1.29, 1.82) is 0 Å². The standard InChI is InChI=1S/C18H11Br2N3O/c19-12-3-1-11(2-4-12)17-15-9-10-16(21-18(15)23-22-17)24-14-7-5-13(20)6-8-14/h1-10H,(H,21,22,23). The van der Waals surface area contributed by atoms with Gasteiger partial charge in [-0.1, -0.05) is 44.0 Å². The van der Waals surface area contributed by atoms with Gasteiger partial charge in [0.2, 0.25) is 5.88 Å². The van der Waals surface area contributed by atoms with Gasteiger partial charge in [0.25, 0.3) is 0 Å². The van der Waals surface area contributed by atoms with E-state index in [1.54, 1.807) is 0 Å². The lowest BCUT2D eigenvalue weighted by molar-refractivity contribution is 0.464. The Labute approximate surface area is 155 Å². The Morgan fingerprint density at radius 1 is 0.792 bits per heavy atom. The van der Waals surface area contributed by atoms with Gasteiger partial charge >= 0.3 is 0 Å². The summed E-state index contributed by atoms with van der Waals surface area (Å²) >= 11 is 6.85. The van der Waals surface area contributed by atoms with Crippen LogP contribution in [-0.4, -0.2) is 15.2 Å². The average Bonchev–Trinajstić information content (AvgIpc) is 3.01. The second-order valence-corrected chi connectivity index (χ2v) is 7.01. The van der Waals surface area contributed by atoms with Crippen LogP contribution < -0.4 is 4.74 Å². The number of H-pyrrole nitrogens is 1. The van der Waals surface area contributed by atoms with Crippen LogP contribution in [0.3, 0.4) is 0 Å². The van der Waals surface area contributed by atoms with E-state index in [4.69, 9.17) is 4.74 Å². The lowest BCUT2D eigenvalue weighted by Gasteiger charge is -2.04. The molecule has 2 aromatic heterocycles. The highest BCUT2D eigenvalue weighted by atomic mass is 79.9. The fourth-order valence-electron chi connectivity index (χ4n) is 2.40. The number of halogens is 2. The van der Waals surface area contributed by atoms with Crippen molar-refractivity contribution in [2.24, 2.45) is 0 Å². The molecule has 0 saturated heterocycles. The number of benzene rings is 2. The topological polar surface area (TPSA) is 50.8 Å². The average molecular weight is 445 g/mol. The molecule has 0 spiro atoms. The summed E-state index contributed by atoms with van der Waals surface area (Å²) in [6.07, 6.45) is 0. The summed E-state index contributed by atoms with van der Waals surface area (Å²) in [6, 6.07) is 19.5. The minimum atomic E-state index is 0.513. The van der Waals surface area contributed by atoms with Crippen LogP contribution in [0.1, 0.15) is 0 Å². The predicted molar refractivity (Wildman–Crippen MR) is 101 cm³/mol. The number of rotatable bonds is 3. The number of nitrogens with zero attached hydrogens (tertiary/aromatic N) is 2. The molecule has 0 bridgehead atoms. The van der Waals surface area contributed by atoms with Crippen LogP contribution >= 0.6 is 31.9 Å². The van der Waals surface area contributed by atoms with Gasteiger partial charge in [0.1, 0.15) is 5.75 Å². The Morgan fingerprint density at radius 2 is 1.46 bits per heavy atom. The molecule has 0 aliphatic heterocycles. The molecule has 24 heavy (non-hydrogen) atoms. The maximum atomic E-state index is 5.78. The third kappa shape index (κ3) is 3.07. The third-order valence-corrected chi connectivity index (χ3v) is 4.62. The van der Waals surface area contributed by atoms with E-state index in [-0.39, 0.29) is 0 Å². The van der Waals surface area contributed by atoms with Crippen LogP contribution in [0.2, 0.25) is 0 Å². The minimum Gasteiger partial charge on any atom is -0.439 e. The Bertz CT molecular complexity index is 995. The Morgan fingerprint density at radius 3 is 2.17 bits per heavy atom. The summed E-state index contributed by atoms with van der Waals surface area (Å²) in [5.41, 5.74) is 2.63. The van der Waals surface area contributed by atoms with Gasteiger partial charge in [0.05, 0.1) is 5.69 Å². The number of pyridine rings is 1. The van der Waals surface area contributed by atoms with Crippen LogP contribution in [0.5, 0.6) is 11.6 Å². The second-order valence-electron chi connectivity index (χ2n) is 5.18. The first-order valence-corrected chi connectivity index (χ1v) is 8.82. The van der Waals surface area contributed by atoms with Crippen LogP contribution in [-0.2, 0) is 0 Å². The van der Waals surface area contributed by atoms with Crippen molar-refractivity contribution < 1.29 is 4.74 Å². The van der Waals surface area contributed by atoms with Crippen LogP contribution in [0.25, 0.3) is 22.3 Å². The molecule has 4 aromatic rings. The molecule has 118 valence electrons. The molecule has 1 N–H and O–H groups in total. The fraction of sp³-hybridized carbons (Fsp3) is 0. The normalized spacial score (nSPS) is 10.9. The molecular weight excluding hydrogens is 434 g/mol. The van der Waals surface area contributed by atoms with Crippen molar-refractivity contribution >= 4 is 42.9 Å². The van der Waals surface area contributed by atoms with Gasteiger partial charge in [-0.05, 0) is 42.5 Å². The number of hydrogen-bond donors (Lipinski definition) is 1. The summed E-state index contributed by atoms with van der Waals surface area (Å²) in [7, 11) is 0. The van der Waals surface area contributed by atoms with E-state index in [9.17, 15) is 0 Å². The first-order chi connectivity index (χ1) is 11.7. The highest BCUT2D eigenvalue weighted by Crippen LogP contribution is 2.29. The number of hydrogen-bond acceptors (Lipinski definition) is 3. The molecule has 0 fully saturated rings.